The monoisotopic (exact) mass is 734 g/mol. The molecule has 0 radical (unpaired) electrons. The molecule has 0 atom stereocenters. The van der Waals surface area contributed by atoms with Crippen molar-refractivity contribution in [2.24, 2.45) is 0 Å². The minimum absolute atomic E-state index is 0.224. The van der Waals surface area contributed by atoms with E-state index in [1.54, 1.807) is 0 Å². The van der Waals surface area contributed by atoms with Gasteiger partial charge in [0.15, 0.2) is 0 Å². The molecule has 276 valence electrons. The van der Waals surface area contributed by atoms with Crippen LogP contribution in [0.1, 0.15) is 47.2 Å². The van der Waals surface area contributed by atoms with E-state index in [0.29, 0.717) is 0 Å². The predicted octanol–water partition coefficient (Wildman–Crippen LogP) is 15.6. The van der Waals surface area contributed by atoms with Crippen LogP contribution in [0.5, 0.6) is 0 Å². The number of nitrogens with zero attached hydrogens (tertiary/aromatic N) is 2. The van der Waals surface area contributed by atoms with Crippen LogP contribution in [0.2, 0.25) is 0 Å². The Morgan fingerprint density at radius 2 is 0.860 bits per heavy atom. The van der Waals surface area contributed by atoms with E-state index in [1.807, 2.05) is 0 Å². The van der Waals surface area contributed by atoms with E-state index in [-0.39, 0.29) is 5.41 Å². The molecule has 1 aliphatic carbocycles. The van der Waals surface area contributed by atoms with Gasteiger partial charge in [-0.3, -0.25) is 0 Å². The highest BCUT2D eigenvalue weighted by Crippen LogP contribution is 2.56. The van der Waals surface area contributed by atoms with E-state index in [4.69, 9.17) is 0 Å². The number of aryl methyl sites for hydroxylation is 4. The number of rotatable bonds is 6. The Hall–Kier alpha value is -6.64. The molecule has 9 aromatic rings. The fourth-order valence-electron chi connectivity index (χ4n) is 9.74. The van der Waals surface area contributed by atoms with Crippen molar-refractivity contribution in [2.75, 3.05) is 9.80 Å². The van der Waals surface area contributed by atoms with Crippen LogP contribution in [0.25, 0.3) is 43.4 Å². The molecule has 0 N–H and O–H groups in total. The van der Waals surface area contributed by atoms with Crippen molar-refractivity contribution < 1.29 is 0 Å². The smallest absolute Gasteiger partial charge is 0.0468 e. The molecule has 0 aliphatic heterocycles. The van der Waals surface area contributed by atoms with Gasteiger partial charge in [-0.05, 0) is 189 Å². The largest absolute Gasteiger partial charge is 0.310 e. The zero-order valence-corrected chi connectivity index (χ0v) is 33.6. The van der Waals surface area contributed by atoms with Crippen molar-refractivity contribution in [1.82, 2.24) is 0 Å². The molecule has 0 fully saturated rings. The number of fused-ring (bicyclic) bond motifs is 9. The molecule has 2 nitrogen and oxygen atoms in total. The molecule has 0 spiro atoms. The first-order valence-corrected chi connectivity index (χ1v) is 20.1. The maximum Gasteiger partial charge on any atom is 0.0468 e. The first-order chi connectivity index (χ1) is 27.6. The summed E-state index contributed by atoms with van der Waals surface area (Å²) in [7, 11) is 0. The average molecular weight is 735 g/mol. The molecule has 0 bridgehead atoms. The number of hydrogen-bond donors (Lipinski definition) is 0. The quantitative estimate of drug-likeness (QED) is 0.157. The maximum absolute atomic E-state index is 2.48. The minimum atomic E-state index is -0.224. The molecule has 9 aromatic carbocycles. The summed E-state index contributed by atoms with van der Waals surface area (Å²) in [4.78, 5) is 4.80. The number of hydrogen-bond acceptors (Lipinski definition) is 2. The Kier molecular flexibility index (Phi) is 8.09. The molecule has 2 heteroatoms. The van der Waals surface area contributed by atoms with E-state index in [1.165, 1.54) is 88.2 Å². The van der Waals surface area contributed by atoms with Gasteiger partial charge in [-0.25, -0.2) is 0 Å². The highest BCUT2D eigenvalue weighted by molar-refractivity contribution is 6.19. The lowest BCUT2D eigenvalue weighted by molar-refractivity contribution is 0.667. The highest BCUT2D eigenvalue weighted by atomic mass is 15.1. The van der Waals surface area contributed by atoms with Gasteiger partial charge in [0, 0.05) is 39.5 Å². The third kappa shape index (κ3) is 5.78. The van der Waals surface area contributed by atoms with Crippen LogP contribution in [0.3, 0.4) is 0 Å². The second-order valence-corrected chi connectivity index (χ2v) is 16.6. The highest BCUT2D eigenvalue weighted by Gasteiger charge is 2.39. The summed E-state index contributed by atoms with van der Waals surface area (Å²) in [5, 5.41) is 7.69. The standard InChI is InChI=1S/C55H46N2/c1-35-25-36(2)28-45(27-35)56(41-15-9-7-10-16-41)43-22-21-39-32-51-52(33-40(39)31-43)55(5,6)54-49-24-23-44(34-50(49)47-19-13-14-20-48(47)53(51)54)57(42-17-11-8-12-18-42)46-29-37(3)26-38(4)30-46/h7-34H,1-6H3. The van der Waals surface area contributed by atoms with Gasteiger partial charge in [-0.1, -0.05) is 98.8 Å². The van der Waals surface area contributed by atoms with Gasteiger partial charge in [0.1, 0.15) is 0 Å². The van der Waals surface area contributed by atoms with Gasteiger partial charge >= 0.3 is 0 Å². The topological polar surface area (TPSA) is 6.48 Å². The zero-order chi connectivity index (χ0) is 39.0. The molecule has 0 saturated carbocycles. The number of benzene rings is 9. The number of anilines is 6. The Balaban J connectivity index is 1.17. The first kappa shape index (κ1) is 34.8. The lowest BCUT2D eigenvalue weighted by atomic mass is 9.79. The van der Waals surface area contributed by atoms with Crippen LogP contribution in [-0.2, 0) is 5.41 Å². The summed E-state index contributed by atoms with van der Waals surface area (Å²) in [6.45, 7) is 13.6. The van der Waals surface area contributed by atoms with Gasteiger partial charge in [0.05, 0.1) is 0 Å². The van der Waals surface area contributed by atoms with Crippen LogP contribution in [0, 0.1) is 27.7 Å². The van der Waals surface area contributed by atoms with Crippen molar-refractivity contribution in [3.05, 3.63) is 203 Å². The van der Waals surface area contributed by atoms with Crippen molar-refractivity contribution in [3.8, 4) is 11.1 Å². The van der Waals surface area contributed by atoms with Crippen molar-refractivity contribution >= 4 is 66.4 Å². The second-order valence-electron chi connectivity index (χ2n) is 16.6. The molecular weight excluding hydrogens is 689 g/mol. The summed E-state index contributed by atoms with van der Waals surface area (Å²) in [6.07, 6.45) is 0. The van der Waals surface area contributed by atoms with Gasteiger partial charge in [-0.15, -0.1) is 0 Å². The van der Waals surface area contributed by atoms with E-state index in [9.17, 15) is 0 Å². The third-order valence-electron chi connectivity index (χ3n) is 12.0. The molecule has 0 amide bonds. The molecule has 1 aliphatic rings. The summed E-state index contributed by atoms with van der Waals surface area (Å²) < 4.78 is 0. The molecule has 10 rings (SSSR count). The Morgan fingerprint density at radius 1 is 0.351 bits per heavy atom. The fourth-order valence-corrected chi connectivity index (χ4v) is 9.74. The normalized spacial score (nSPS) is 12.9. The molecule has 57 heavy (non-hydrogen) atoms. The second kappa shape index (κ2) is 13.2. The average Bonchev–Trinajstić information content (AvgIpc) is 3.43. The van der Waals surface area contributed by atoms with Crippen LogP contribution >= 0.6 is 0 Å². The van der Waals surface area contributed by atoms with Gasteiger partial charge in [-0.2, -0.15) is 0 Å². The van der Waals surface area contributed by atoms with Crippen LogP contribution in [0.4, 0.5) is 34.1 Å². The summed E-state index contributed by atoms with van der Waals surface area (Å²) in [5.74, 6) is 0. The van der Waals surface area contributed by atoms with E-state index < -0.39 is 0 Å². The fraction of sp³-hybridized carbons (Fsp3) is 0.127. The Morgan fingerprint density at radius 3 is 1.44 bits per heavy atom. The lowest BCUT2D eigenvalue weighted by Crippen LogP contribution is -2.16. The Bertz CT molecular complexity index is 2990. The van der Waals surface area contributed by atoms with Gasteiger partial charge < -0.3 is 9.80 Å². The minimum Gasteiger partial charge on any atom is -0.310 e. The third-order valence-corrected chi connectivity index (χ3v) is 12.0. The van der Waals surface area contributed by atoms with E-state index in [0.717, 1.165) is 22.7 Å². The van der Waals surface area contributed by atoms with E-state index >= 15 is 0 Å². The van der Waals surface area contributed by atoms with Crippen molar-refractivity contribution in [1.29, 1.82) is 0 Å². The maximum atomic E-state index is 2.48. The van der Waals surface area contributed by atoms with Crippen LogP contribution < -0.4 is 9.80 Å². The van der Waals surface area contributed by atoms with Crippen molar-refractivity contribution in [2.45, 2.75) is 47.0 Å². The summed E-state index contributed by atoms with van der Waals surface area (Å²) in [6, 6.07) is 63.3. The molecule has 0 saturated heterocycles. The van der Waals surface area contributed by atoms with Crippen LogP contribution in [-0.4, -0.2) is 0 Å². The molecule has 0 heterocycles. The first-order valence-electron chi connectivity index (χ1n) is 20.1. The Labute approximate surface area is 336 Å². The lowest BCUT2D eigenvalue weighted by Gasteiger charge is -2.28. The number of para-hydroxylation sites is 2. The van der Waals surface area contributed by atoms with E-state index in [2.05, 4.69) is 221 Å². The molecule has 0 aromatic heterocycles. The van der Waals surface area contributed by atoms with Gasteiger partial charge in [0.25, 0.3) is 0 Å². The molecule has 0 unspecified atom stereocenters. The van der Waals surface area contributed by atoms with Gasteiger partial charge in [0.2, 0.25) is 0 Å². The molecular formula is C55H46N2. The van der Waals surface area contributed by atoms with Crippen LogP contribution in [0.15, 0.2) is 170 Å². The predicted molar refractivity (Wildman–Crippen MR) is 245 cm³/mol. The zero-order valence-electron chi connectivity index (χ0n) is 33.6. The summed E-state index contributed by atoms with van der Waals surface area (Å²) >= 11 is 0. The van der Waals surface area contributed by atoms with Crippen molar-refractivity contribution in [3.63, 3.8) is 0 Å². The summed E-state index contributed by atoms with van der Waals surface area (Å²) in [5.41, 5.74) is 17.3. The SMILES string of the molecule is Cc1cc(C)cc(N(c2ccccc2)c2ccc3cc4c(cc3c2)C(C)(C)c2c-4c3ccccc3c3cc(N(c4ccccc4)c4cc(C)cc(C)c4)ccc23)c1.